The summed E-state index contributed by atoms with van der Waals surface area (Å²) in [7, 11) is 0. The standard InChI is InChI=1S/C13H24N4O3/c1-5-6-7-15(8-9-18)13-12(17(19)20)11(4)14-16(13)10(2)3/h10,18H,5-9H2,1-4H3. The quantitative estimate of drug-likeness (QED) is 0.584. The van der Waals surface area contributed by atoms with Gasteiger partial charge in [0.25, 0.3) is 0 Å². The molecule has 0 atom stereocenters. The molecule has 7 nitrogen and oxygen atoms in total. The summed E-state index contributed by atoms with van der Waals surface area (Å²) in [5.41, 5.74) is 0.460. The minimum atomic E-state index is -0.382. The molecule has 0 saturated carbocycles. The zero-order valence-corrected chi connectivity index (χ0v) is 12.7. The molecule has 0 radical (unpaired) electrons. The van der Waals surface area contributed by atoms with E-state index >= 15 is 0 Å². The van der Waals surface area contributed by atoms with Gasteiger partial charge in [-0.1, -0.05) is 13.3 Å². The molecule has 0 aromatic carbocycles. The molecule has 0 spiro atoms. The van der Waals surface area contributed by atoms with Gasteiger partial charge in [0.2, 0.25) is 5.82 Å². The van der Waals surface area contributed by atoms with Crippen molar-refractivity contribution in [3.63, 3.8) is 0 Å². The second kappa shape index (κ2) is 7.23. The van der Waals surface area contributed by atoms with Gasteiger partial charge in [0.15, 0.2) is 0 Å². The van der Waals surface area contributed by atoms with Gasteiger partial charge in [-0.05, 0) is 27.2 Å². The van der Waals surface area contributed by atoms with Gasteiger partial charge in [0, 0.05) is 19.1 Å². The Bertz CT molecular complexity index is 457. The SMILES string of the molecule is CCCCN(CCO)c1c([N+](=O)[O-])c(C)nn1C(C)C. The molecule has 0 unspecified atom stereocenters. The Kier molecular flexibility index (Phi) is 5.94. The van der Waals surface area contributed by atoms with Gasteiger partial charge in [-0.15, -0.1) is 0 Å². The number of aryl methyl sites for hydroxylation is 1. The van der Waals surface area contributed by atoms with Crippen LogP contribution in [0, 0.1) is 17.0 Å². The molecule has 0 fully saturated rings. The van der Waals surface area contributed by atoms with Crippen molar-refractivity contribution in [3.8, 4) is 0 Å². The van der Waals surface area contributed by atoms with Gasteiger partial charge in [-0.3, -0.25) is 10.1 Å². The van der Waals surface area contributed by atoms with Crippen molar-refractivity contribution in [2.45, 2.75) is 46.6 Å². The minimum absolute atomic E-state index is 0.0280. The monoisotopic (exact) mass is 284 g/mol. The van der Waals surface area contributed by atoms with E-state index in [1.807, 2.05) is 18.7 Å². The fourth-order valence-corrected chi connectivity index (χ4v) is 2.19. The minimum Gasteiger partial charge on any atom is -0.395 e. The number of hydrogen-bond donors (Lipinski definition) is 1. The molecular formula is C13H24N4O3. The normalized spacial score (nSPS) is 11.1. The average molecular weight is 284 g/mol. The number of rotatable bonds is 8. The summed E-state index contributed by atoms with van der Waals surface area (Å²) in [6, 6.07) is 0.0280. The summed E-state index contributed by atoms with van der Waals surface area (Å²) in [6.45, 7) is 8.61. The summed E-state index contributed by atoms with van der Waals surface area (Å²) in [5, 5.41) is 24.8. The highest BCUT2D eigenvalue weighted by atomic mass is 16.6. The maximum atomic E-state index is 11.3. The van der Waals surface area contributed by atoms with Crippen molar-refractivity contribution in [3.05, 3.63) is 15.8 Å². The summed E-state index contributed by atoms with van der Waals surface area (Å²) in [6.07, 6.45) is 1.91. The Balaban J connectivity index is 3.31. The lowest BCUT2D eigenvalue weighted by atomic mass is 10.3. The van der Waals surface area contributed by atoms with Crippen molar-refractivity contribution in [2.24, 2.45) is 0 Å². The Hall–Kier alpha value is -1.63. The molecule has 1 N–H and O–H groups in total. The van der Waals surface area contributed by atoms with Crippen molar-refractivity contribution < 1.29 is 10.0 Å². The number of hydrogen-bond acceptors (Lipinski definition) is 5. The molecule has 0 aliphatic heterocycles. The smallest absolute Gasteiger partial charge is 0.333 e. The van der Waals surface area contributed by atoms with E-state index in [1.54, 1.807) is 11.6 Å². The van der Waals surface area contributed by atoms with Crippen molar-refractivity contribution in [2.75, 3.05) is 24.6 Å². The molecule has 0 aliphatic carbocycles. The zero-order chi connectivity index (χ0) is 15.3. The molecule has 1 aromatic heterocycles. The fraction of sp³-hybridized carbons (Fsp3) is 0.769. The van der Waals surface area contributed by atoms with Crippen LogP contribution in [-0.2, 0) is 0 Å². The number of unbranched alkanes of at least 4 members (excludes halogenated alkanes) is 1. The lowest BCUT2D eigenvalue weighted by Crippen LogP contribution is -2.31. The van der Waals surface area contributed by atoms with Crippen LogP contribution in [0.1, 0.15) is 45.3 Å². The van der Waals surface area contributed by atoms with Crippen LogP contribution in [-0.4, -0.2) is 39.5 Å². The van der Waals surface area contributed by atoms with E-state index in [1.165, 1.54) is 0 Å². The third-order valence-corrected chi connectivity index (χ3v) is 3.15. The highest BCUT2D eigenvalue weighted by Crippen LogP contribution is 2.33. The van der Waals surface area contributed by atoms with Crippen LogP contribution in [0.2, 0.25) is 0 Å². The first kappa shape index (κ1) is 16.4. The fourth-order valence-electron chi connectivity index (χ4n) is 2.19. The lowest BCUT2D eigenvalue weighted by Gasteiger charge is -2.24. The molecule has 1 rings (SSSR count). The number of anilines is 1. The van der Waals surface area contributed by atoms with Crippen molar-refractivity contribution in [1.29, 1.82) is 0 Å². The molecule has 20 heavy (non-hydrogen) atoms. The molecule has 1 heterocycles. The van der Waals surface area contributed by atoms with Gasteiger partial charge in [-0.25, -0.2) is 4.68 Å². The van der Waals surface area contributed by atoms with Crippen LogP contribution in [0.5, 0.6) is 0 Å². The molecule has 0 bridgehead atoms. The average Bonchev–Trinajstić information content (AvgIpc) is 2.72. The Morgan fingerprint density at radius 3 is 2.55 bits per heavy atom. The first-order chi connectivity index (χ1) is 9.43. The van der Waals surface area contributed by atoms with E-state index in [4.69, 9.17) is 0 Å². The molecule has 0 saturated heterocycles. The second-order valence-corrected chi connectivity index (χ2v) is 5.12. The van der Waals surface area contributed by atoms with Crippen LogP contribution in [0.15, 0.2) is 0 Å². The topological polar surface area (TPSA) is 84.4 Å². The number of aromatic nitrogens is 2. The Morgan fingerprint density at radius 2 is 2.10 bits per heavy atom. The number of nitrogens with zero attached hydrogens (tertiary/aromatic N) is 4. The molecule has 1 aromatic rings. The predicted molar refractivity (Wildman–Crippen MR) is 78.2 cm³/mol. The van der Waals surface area contributed by atoms with E-state index in [2.05, 4.69) is 12.0 Å². The zero-order valence-electron chi connectivity index (χ0n) is 12.7. The third kappa shape index (κ3) is 3.47. The summed E-state index contributed by atoms with van der Waals surface area (Å²) < 4.78 is 1.68. The predicted octanol–water partition coefficient (Wildman–Crippen LogP) is 2.28. The van der Waals surface area contributed by atoms with E-state index in [0.717, 1.165) is 12.8 Å². The highest BCUT2D eigenvalue weighted by molar-refractivity contribution is 5.61. The number of aliphatic hydroxyl groups is 1. The van der Waals surface area contributed by atoms with E-state index in [9.17, 15) is 15.2 Å². The van der Waals surface area contributed by atoms with Crippen molar-refractivity contribution in [1.82, 2.24) is 9.78 Å². The van der Waals surface area contributed by atoms with Gasteiger partial charge < -0.3 is 10.0 Å². The van der Waals surface area contributed by atoms with E-state index in [0.29, 0.717) is 24.6 Å². The Morgan fingerprint density at radius 1 is 1.45 bits per heavy atom. The van der Waals surface area contributed by atoms with E-state index in [-0.39, 0.29) is 23.3 Å². The van der Waals surface area contributed by atoms with E-state index < -0.39 is 0 Å². The molecule has 7 heteroatoms. The maximum Gasteiger partial charge on any atom is 0.333 e. The first-order valence-electron chi connectivity index (χ1n) is 7.03. The molecule has 114 valence electrons. The molecular weight excluding hydrogens is 260 g/mol. The van der Waals surface area contributed by atoms with Crippen LogP contribution in [0.25, 0.3) is 0 Å². The number of aliphatic hydroxyl groups excluding tert-OH is 1. The van der Waals surface area contributed by atoms with Crippen LogP contribution in [0.3, 0.4) is 0 Å². The second-order valence-electron chi connectivity index (χ2n) is 5.12. The summed E-state index contributed by atoms with van der Waals surface area (Å²) in [5.74, 6) is 0.505. The van der Waals surface area contributed by atoms with Crippen LogP contribution < -0.4 is 4.90 Å². The Labute approximate surface area is 119 Å². The van der Waals surface area contributed by atoms with Gasteiger partial charge in [0.05, 0.1) is 11.5 Å². The van der Waals surface area contributed by atoms with Gasteiger partial charge in [0.1, 0.15) is 5.69 Å². The largest absolute Gasteiger partial charge is 0.395 e. The molecule has 0 amide bonds. The first-order valence-corrected chi connectivity index (χ1v) is 7.03. The van der Waals surface area contributed by atoms with Crippen LogP contribution >= 0.6 is 0 Å². The van der Waals surface area contributed by atoms with Gasteiger partial charge >= 0.3 is 5.69 Å². The van der Waals surface area contributed by atoms with Gasteiger partial charge in [-0.2, -0.15) is 5.10 Å². The lowest BCUT2D eigenvalue weighted by molar-refractivity contribution is -0.384. The van der Waals surface area contributed by atoms with Crippen LogP contribution in [0.4, 0.5) is 11.5 Å². The number of nitro groups is 1. The summed E-state index contributed by atoms with van der Waals surface area (Å²) >= 11 is 0. The summed E-state index contributed by atoms with van der Waals surface area (Å²) in [4.78, 5) is 12.8. The highest BCUT2D eigenvalue weighted by Gasteiger charge is 2.30. The maximum absolute atomic E-state index is 11.3. The third-order valence-electron chi connectivity index (χ3n) is 3.15. The molecule has 0 aliphatic rings. The van der Waals surface area contributed by atoms with Crippen molar-refractivity contribution >= 4 is 11.5 Å².